The van der Waals surface area contributed by atoms with Crippen LogP contribution in [0.15, 0.2) is 82.6 Å². The minimum absolute atomic E-state index is 0. The quantitative estimate of drug-likeness (QED) is 0.0507. The second kappa shape index (κ2) is 23.1. The zero-order valence-corrected chi connectivity index (χ0v) is 33.5. The molecule has 4 aromatic rings. The van der Waals surface area contributed by atoms with Crippen molar-refractivity contribution in [3.63, 3.8) is 0 Å². The SMILES string of the molecule is CCCCCCCCCCc1ccc2ccccc2c1S(=O)(=O)[O-].CCCCCCCCCCc1ccc2ccccc2c1S(=O)(=O)[O-].[Ca+2]. The second-order valence-corrected chi connectivity index (χ2v) is 15.5. The summed E-state index contributed by atoms with van der Waals surface area (Å²) in [6.45, 7) is 4.43. The fourth-order valence-corrected chi connectivity index (χ4v) is 8.35. The Bertz CT molecular complexity index is 1640. The van der Waals surface area contributed by atoms with Gasteiger partial charge >= 0.3 is 37.7 Å². The van der Waals surface area contributed by atoms with Gasteiger partial charge in [0.2, 0.25) is 0 Å². The summed E-state index contributed by atoms with van der Waals surface area (Å²) in [6.07, 6.45) is 20.5. The van der Waals surface area contributed by atoms with Crippen LogP contribution < -0.4 is 0 Å². The molecular formula is C40H54CaO6S2. The molecule has 0 spiro atoms. The van der Waals surface area contributed by atoms with Gasteiger partial charge in [-0.2, -0.15) is 0 Å². The molecule has 0 atom stereocenters. The predicted octanol–water partition coefficient (Wildman–Crippen LogP) is 10.5. The van der Waals surface area contributed by atoms with Crippen molar-refractivity contribution < 1.29 is 25.9 Å². The molecular weight excluding hydrogens is 681 g/mol. The van der Waals surface area contributed by atoms with Gasteiger partial charge in [0.05, 0.1) is 9.79 Å². The van der Waals surface area contributed by atoms with E-state index in [-0.39, 0.29) is 47.5 Å². The molecule has 0 aromatic heterocycles. The van der Waals surface area contributed by atoms with Crippen LogP contribution in [0.5, 0.6) is 0 Å². The van der Waals surface area contributed by atoms with Gasteiger partial charge in [-0.15, -0.1) is 0 Å². The minimum atomic E-state index is -4.47. The molecule has 9 heteroatoms. The van der Waals surface area contributed by atoms with Gasteiger partial charge < -0.3 is 9.11 Å². The van der Waals surface area contributed by atoms with E-state index in [1.54, 1.807) is 36.4 Å². The summed E-state index contributed by atoms with van der Waals surface area (Å²) in [6, 6.07) is 21.8. The van der Waals surface area contributed by atoms with E-state index in [9.17, 15) is 25.9 Å². The second-order valence-electron chi connectivity index (χ2n) is 12.9. The van der Waals surface area contributed by atoms with Gasteiger partial charge in [-0.05, 0) is 58.4 Å². The van der Waals surface area contributed by atoms with Crippen molar-refractivity contribution in [2.75, 3.05) is 0 Å². The monoisotopic (exact) mass is 734 g/mol. The third kappa shape index (κ3) is 14.9. The van der Waals surface area contributed by atoms with Crippen LogP contribution in [0.1, 0.15) is 128 Å². The minimum Gasteiger partial charge on any atom is -0.744 e. The molecule has 0 radical (unpaired) electrons. The summed E-state index contributed by atoms with van der Waals surface area (Å²) in [5.41, 5.74) is 1.32. The molecule has 0 amide bonds. The molecule has 4 rings (SSSR count). The summed E-state index contributed by atoms with van der Waals surface area (Å²) < 4.78 is 70.5. The van der Waals surface area contributed by atoms with Crippen LogP contribution in [0.3, 0.4) is 0 Å². The van der Waals surface area contributed by atoms with Crippen molar-refractivity contribution >= 4 is 79.5 Å². The number of rotatable bonds is 20. The van der Waals surface area contributed by atoms with Crippen LogP contribution in [0.25, 0.3) is 21.5 Å². The summed E-state index contributed by atoms with van der Waals surface area (Å²) in [5, 5.41) is 2.69. The summed E-state index contributed by atoms with van der Waals surface area (Å²) in [4.78, 5) is -0.0490. The molecule has 0 unspecified atom stereocenters. The number of fused-ring (bicyclic) bond motifs is 2. The number of unbranched alkanes of at least 4 members (excludes halogenated alkanes) is 14. The van der Waals surface area contributed by atoms with Crippen LogP contribution in [-0.4, -0.2) is 63.7 Å². The van der Waals surface area contributed by atoms with Crippen molar-refractivity contribution in [3.05, 3.63) is 83.9 Å². The first-order valence-corrected chi connectivity index (χ1v) is 20.8. The van der Waals surface area contributed by atoms with Crippen LogP contribution in [0.2, 0.25) is 0 Å². The smallest absolute Gasteiger partial charge is 0.744 e. The van der Waals surface area contributed by atoms with E-state index < -0.39 is 20.2 Å². The van der Waals surface area contributed by atoms with Gasteiger partial charge in [-0.25, -0.2) is 16.8 Å². The molecule has 0 bridgehead atoms. The van der Waals surface area contributed by atoms with Crippen molar-refractivity contribution in [3.8, 4) is 0 Å². The first kappa shape index (κ1) is 43.6. The Hall–Kier alpha value is -1.52. The standard InChI is InChI=1S/2C20H28O3S.Ca/c2*1-2-3-4-5-6-7-8-9-13-18-16-15-17-12-10-11-14-19(17)20(18)24(21,22)23;/h2*10-12,14-16H,2-9,13H2,1H3,(H,21,22,23);/q;;+2/p-2. The fourth-order valence-electron chi connectivity index (χ4n) is 6.46. The van der Waals surface area contributed by atoms with Crippen LogP contribution >= 0.6 is 0 Å². The number of aryl methyl sites for hydroxylation is 2. The van der Waals surface area contributed by atoms with E-state index in [2.05, 4.69) is 13.8 Å². The van der Waals surface area contributed by atoms with E-state index in [0.29, 0.717) is 34.7 Å². The van der Waals surface area contributed by atoms with E-state index >= 15 is 0 Å². The van der Waals surface area contributed by atoms with Crippen LogP contribution in [0.4, 0.5) is 0 Å². The Labute approximate surface area is 326 Å². The van der Waals surface area contributed by atoms with Gasteiger partial charge in [-0.1, -0.05) is 177 Å². The maximum Gasteiger partial charge on any atom is 2.00 e. The third-order valence-corrected chi connectivity index (χ3v) is 11.0. The maximum atomic E-state index is 11.7. The molecule has 49 heavy (non-hydrogen) atoms. The molecule has 0 saturated heterocycles. The van der Waals surface area contributed by atoms with E-state index in [4.69, 9.17) is 0 Å². The summed E-state index contributed by atoms with van der Waals surface area (Å²) in [7, 11) is -8.94. The van der Waals surface area contributed by atoms with E-state index in [0.717, 1.165) is 36.5 Å². The van der Waals surface area contributed by atoms with Crippen LogP contribution in [0, 0.1) is 0 Å². The van der Waals surface area contributed by atoms with Crippen LogP contribution in [-0.2, 0) is 33.1 Å². The maximum absolute atomic E-state index is 11.7. The molecule has 0 heterocycles. The Balaban J connectivity index is 0.000000333. The molecule has 0 aliphatic carbocycles. The Morgan fingerprint density at radius 2 is 0.735 bits per heavy atom. The van der Waals surface area contributed by atoms with Gasteiger partial charge in [0.25, 0.3) is 0 Å². The molecule has 4 aromatic carbocycles. The number of hydrogen-bond acceptors (Lipinski definition) is 6. The first-order chi connectivity index (χ1) is 23.1. The number of hydrogen-bond donors (Lipinski definition) is 0. The largest absolute Gasteiger partial charge is 2.00 e. The summed E-state index contributed by atoms with van der Waals surface area (Å²) >= 11 is 0. The number of benzene rings is 4. The van der Waals surface area contributed by atoms with Gasteiger partial charge in [0.15, 0.2) is 0 Å². The Kier molecular flexibility index (Phi) is 20.6. The zero-order chi connectivity index (χ0) is 34.8. The Morgan fingerprint density at radius 1 is 0.429 bits per heavy atom. The first-order valence-electron chi connectivity index (χ1n) is 18.0. The molecule has 0 aliphatic heterocycles. The van der Waals surface area contributed by atoms with Gasteiger partial charge in [0.1, 0.15) is 20.2 Å². The summed E-state index contributed by atoms with van der Waals surface area (Å²) in [5.74, 6) is 0. The van der Waals surface area contributed by atoms with Crippen molar-refractivity contribution in [2.45, 2.75) is 139 Å². The van der Waals surface area contributed by atoms with E-state index in [1.165, 1.54) is 77.0 Å². The average molecular weight is 735 g/mol. The average Bonchev–Trinajstić information content (AvgIpc) is 3.06. The molecule has 0 aliphatic rings. The molecule has 264 valence electrons. The topological polar surface area (TPSA) is 114 Å². The van der Waals surface area contributed by atoms with Crippen molar-refractivity contribution in [2.24, 2.45) is 0 Å². The van der Waals surface area contributed by atoms with Crippen molar-refractivity contribution in [1.82, 2.24) is 0 Å². The molecule has 0 fully saturated rings. The zero-order valence-electron chi connectivity index (χ0n) is 29.6. The molecule has 0 N–H and O–H groups in total. The Morgan fingerprint density at radius 3 is 1.06 bits per heavy atom. The van der Waals surface area contributed by atoms with Gasteiger partial charge in [0, 0.05) is 0 Å². The van der Waals surface area contributed by atoms with E-state index in [1.807, 2.05) is 36.4 Å². The van der Waals surface area contributed by atoms with Crippen molar-refractivity contribution in [1.29, 1.82) is 0 Å². The third-order valence-electron chi connectivity index (χ3n) is 9.02. The fraction of sp³-hybridized carbons (Fsp3) is 0.500. The van der Waals surface area contributed by atoms with Gasteiger partial charge in [-0.3, -0.25) is 0 Å². The molecule has 0 saturated carbocycles. The predicted molar refractivity (Wildman–Crippen MR) is 202 cm³/mol. The normalized spacial score (nSPS) is 11.7. The molecule has 6 nitrogen and oxygen atoms in total.